The maximum Gasteiger partial charge on any atom is 0.319 e. The minimum atomic E-state index is -1.80. The number of piperidine rings is 1. The number of aliphatic hydroxyl groups excluding tert-OH is 2. The summed E-state index contributed by atoms with van der Waals surface area (Å²) in [6.07, 6.45) is -1.12. The van der Waals surface area contributed by atoms with Crippen LogP contribution in [0.25, 0.3) is 43.2 Å². The second-order valence-electron chi connectivity index (χ2n) is 23.2. The van der Waals surface area contributed by atoms with Crippen molar-refractivity contribution in [3.63, 3.8) is 0 Å². The number of halogens is 2. The lowest BCUT2D eigenvalue weighted by molar-refractivity contribution is -0.144. The molecule has 3 fully saturated rings. The Hall–Kier alpha value is -6.55. The minimum Gasteiger partial charge on any atom is -0.508 e. The van der Waals surface area contributed by atoms with Crippen molar-refractivity contribution >= 4 is 74.4 Å². The first kappa shape index (κ1) is 67.4. The number of fused-ring (bicyclic) bond motifs is 2. The van der Waals surface area contributed by atoms with Crippen LogP contribution in [0.15, 0.2) is 72.2 Å². The number of piperazine rings is 1. The van der Waals surface area contributed by atoms with Crippen molar-refractivity contribution < 1.29 is 67.7 Å². The van der Waals surface area contributed by atoms with E-state index in [-0.39, 0.29) is 91.1 Å². The summed E-state index contributed by atoms with van der Waals surface area (Å²) in [6.45, 7) is 17.9. The molecule has 3 saturated heterocycles. The number of hydrogen-bond acceptors (Lipinski definition) is 20. The van der Waals surface area contributed by atoms with E-state index in [2.05, 4.69) is 35.7 Å². The van der Waals surface area contributed by atoms with Gasteiger partial charge in [-0.2, -0.15) is 9.97 Å². The van der Waals surface area contributed by atoms with E-state index in [1.54, 1.807) is 23.5 Å². The highest BCUT2D eigenvalue weighted by molar-refractivity contribution is 7.13. The van der Waals surface area contributed by atoms with Gasteiger partial charge in [-0.1, -0.05) is 80.9 Å². The number of benzene rings is 4. The number of aromatic hydroxyl groups is 1. The Morgan fingerprint density at radius 1 is 0.898 bits per heavy atom. The summed E-state index contributed by atoms with van der Waals surface area (Å²) in [5.41, 5.74) is 4.70. The molecule has 5 atom stereocenters. The number of β-amino-alcohol motifs (C(OH)–C–C–N with tert-alkyl or cyclic N) is 1. The monoisotopic (exact) mass is 1260 g/mol. The number of likely N-dealkylation sites (tertiary alicyclic amines) is 2. The number of carbonyl (C=O) groups is 4. The van der Waals surface area contributed by atoms with Crippen molar-refractivity contribution in [3.05, 3.63) is 94.3 Å². The van der Waals surface area contributed by atoms with Gasteiger partial charge in [-0.25, -0.2) is 9.37 Å². The van der Waals surface area contributed by atoms with E-state index < -0.39 is 47.5 Å². The van der Waals surface area contributed by atoms with E-state index in [9.17, 15) is 24.6 Å². The van der Waals surface area contributed by atoms with Crippen molar-refractivity contribution in [3.8, 4) is 33.3 Å². The number of thiazole rings is 1. The number of aryl methyl sites for hydroxylation is 1. The lowest BCUT2D eigenvalue weighted by atomic mass is 9.85. The molecule has 476 valence electrons. The number of hydrogen-bond donors (Lipinski definition) is 7. The molecule has 0 spiro atoms. The van der Waals surface area contributed by atoms with Crippen LogP contribution in [0.5, 0.6) is 11.8 Å². The number of phenols is 1. The first-order valence-electron chi connectivity index (χ1n) is 29.7. The minimum absolute atomic E-state index is 0.00103. The molecule has 7 N–H and O–H groups in total. The number of aldehydes is 1. The number of amides is 3. The molecule has 0 bridgehead atoms. The maximum absolute atomic E-state index is 17.0. The van der Waals surface area contributed by atoms with Crippen LogP contribution < -0.4 is 25.6 Å². The van der Waals surface area contributed by atoms with Crippen LogP contribution in [0.3, 0.4) is 0 Å². The molecule has 2 aromatic heterocycles. The molecule has 3 amide bonds. The van der Waals surface area contributed by atoms with Crippen molar-refractivity contribution in [2.45, 2.75) is 104 Å². The Bertz CT molecular complexity index is 3310. The summed E-state index contributed by atoms with van der Waals surface area (Å²) in [5.74, 6) is -1.38. The van der Waals surface area contributed by atoms with E-state index in [0.29, 0.717) is 62.8 Å². The van der Waals surface area contributed by atoms with Crippen molar-refractivity contribution in [2.24, 2.45) is 5.41 Å². The van der Waals surface area contributed by atoms with Gasteiger partial charge in [0.05, 0.1) is 79.0 Å². The van der Waals surface area contributed by atoms with Crippen molar-refractivity contribution in [1.82, 2.24) is 40.7 Å². The molecule has 0 radical (unpaired) electrons. The Kier molecular flexibility index (Phi) is 24.3. The zero-order chi connectivity index (χ0) is 63.1. The van der Waals surface area contributed by atoms with Gasteiger partial charge in [0.2, 0.25) is 24.0 Å². The Balaban J connectivity index is 0.00000193. The van der Waals surface area contributed by atoms with Gasteiger partial charge in [-0.3, -0.25) is 24.1 Å². The number of anilines is 1. The number of rotatable bonds is 25. The van der Waals surface area contributed by atoms with Crippen LogP contribution in [0.1, 0.15) is 71.2 Å². The van der Waals surface area contributed by atoms with Gasteiger partial charge >= 0.3 is 6.01 Å². The average molecular weight is 1260 g/mol. The van der Waals surface area contributed by atoms with Gasteiger partial charge in [0.1, 0.15) is 41.9 Å². The number of aliphatic hydroxyl groups is 3. The zero-order valence-electron chi connectivity index (χ0n) is 50.6. The fourth-order valence-corrected chi connectivity index (χ4v) is 12.1. The van der Waals surface area contributed by atoms with Gasteiger partial charge in [-0.05, 0) is 84.7 Å². The quantitative estimate of drug-likeness (QED) is 0.0198. The smallest absolute Gasteiger partial charge is 0.319 e. The molecule has 9 rings (SSSR count). The highest BCUT2D eigenvalue weighted by Crippen LogP contribution is 2.43. The summed E-state index contributed by atoms with van der Waals surface area (Å²) in [6, 6.07) is 18.1. The normalized spacial score (nSPS) is 17.8. The van der Waals surface area contributed by atoms with Crippen LogP contribution in [-0.2, 0) is 38.1 Å². The lowest BCUT2D eigenvalue weighted by Gasteiger charge is -2.35. The summed E-state index contributed by atoms with van der Waals surface area (Å²) in [4.78, 5) is 70.6. The molecule has 22 nitrogen and oxygen atoms in total. The molecule has 5 heterocycles. The molecule has 0 unspecified atom stereocenters. The van der Waals surface area contributed by atoms with Crippen LogP contribution >= 0.6 is 22.9 Å². The SMILES string of the molecule is Cc1ncsc1-c1ccc([C@H](C)NC(=O)[C@@H]2C[C@@H](O)CN2C(=O)[C@@H](NC(=O)COCCOCCOCCOC2CCN(C[C@@H](C)Oc3nc(N4CCNCC4)c4cc(Cl)c(-c5cc(O)cc6ccccc56)c(F)c4n3)CC2)C(C)(C)C)cc1.O=CC(O)O. The number of aromatic nitrogens is 3. The molecule has 3 aliphatic heterocycles. The zero-order valence-corrected chi connectivity index (χ0v) is 52.2. The van der Waals surface area contributed by atoms with E-state index in [4.69, 9.17) is 55.3 Å². The number of carbonyl (C=O) groups excluding carboxylic acids is 4. The second-order valence-corrected chi connectivity index (χ2v) is 24.5. The average Bonchev–Trinajstić information content (AvgIpc) is 1.00. The predicted molar refractivity (Wildman–Crippen MR) is 333 cm³/mol. The highest BCUT2D eigenvalue weighted by atomic mass is 35.5. The van der Waals surface area contributed by atoms with E-state index >= 15 is 4.39 Å². The summed E-state index contributed by atoms with van der Waals surface area (Å²) >= 11 is 8.47. The molecular weight excluding hydrogens is 1180 g/mol. The third-order valence-corrected chi connectivity index (χ3v) is 16.7. The molecule has 4 aromatic carbocycles. The first-order valence-corrected chi connectivity index (χ1v) is 31.0. The lowest BCUT2D eigenvalue weighted by Crippen LogP contribution is -2.58. The molecule has 0 saturated carbocycles. The number of nitrogens with one attached hydrogen (secondary N) is 3. The first-order chi connectivity index (χ1) is 42.2. The third-order valence-electron chi connectivity index (χ3n) is 15.5. The van der Waals surface area contributed by atoms with E-state index in [1.807, 2.05) is 95.6 Å². The summed E-state index contributed by atoms with van der Waals surface area (Å²) < 4.78 is 46.5. The number of nitrogens with zero attached hydrogens (tertiary/aromatic N) is 6. The molecule has 88 heavy (non-hydrogen) atoms. The maximum atomic E-state index is 17.0. The van der Waals surface area contributed by atoms with Gasteiger partial charge in [0.25, 0.3) is 0 Å². The molecule has 25 heteroatoms. The van der Waals surface area contributed by atoms with Gasteiger partial charge in [0, 0.05) is 69.7 Å². The number of phenolic OH excluding ortho intramolecular Hbond substituents is 1. The highest BCUT2D eigenvalue weighted by Gasteiger charge is 2.45. The van der Waals surface area contributed by atoms with Crippen LogP contribution in [-0.4, -0.2) is 204 Å². The summed E-state index contributed by atoms with van der Waals surface area (Å²) in [7, 11) is 0. The van der Waals surface area contributed by atoms with E-state index in [0.717, 1.165) is 71.5 Å². The van der Waals surface area contributed by atoms with Gasteiger partial charge in [-0.15, -0.1) is 11.3 Å². The summed E-state index contributed by atoms with van der Waals surface area (Å²) in [5, 5.41) is 47.8. The van der Waals surface area contributed by atoms with Crippen LogP contribution in [0.4, 0.5) is 10.2 Å². The Morgan fingerprint density at radius 2 is 1.57 bits per heavy atom. The van der Waals surface area contributed by atoms with Crippen LogP contribution in [0, 0.1) is 18.2 Å². The number of ether oxygens (including phenoxy) is 5. The van der Waals surface area contributed by atoms with Gasteiger partial charge < -0.3 is 69.9 Å². The second kappa shape index (κ2) is 31.8. The standard InChI is InChI=1S/C61H77ClFN9O10S.C2H4O3/c1-37(82-60-68-54-48(57(69-60)71-21-17-64-18-22-71)32-49(62)52(53(54)63)47-30-43(73)29-42-9-7-8-10-46(42)47)33-70-19-15-45(16-20-70)81-28-27-79-24-23-78-25-26-80-35-51(75)67-56(61(4,5)6)59(77)72-34-44(74)31-50(72)58(76)66-38(2)40-11-13-41(14-12-40)55-39(3)65-36-83-55;3-1-2(4)5/h7-14,29-30,32,36-38,44-45,50,56,64,73-74H,15-28,31,33-35H2,1-6H3,(H,66,76)(H,67,75);1-2,4-5H/t37-,38+,44-,50+,56-;/m1./s1. The predicted octanol–water partition coefficient (Wildman–Crippen LogP) is 5.95. The molecule has 6 aromatic rings. The Labute approximate surface area is 520 Å². The largest absolute Gasteiger partial charge is 0.508 e. The molecule has 0 aliphatic carbocycles. The van der Waals surface area contributed by atoms with Crippen LogP contribution in [0.2, 0.25) is 5.02 Å². The van der Waals surface area contributed by atoms with Crippen molar-refractivity contribution in [2.75, 3.05) is 104 Å². The van der Waals surface area contributed by atoms with E-state index in [1.165, 1.54) is 11.0 Å². The van der Waals surface area contributed by atoms with Crippen molar-refractivity contribution in [1.29, 1.82) is 0 Å². The van der Waals surface area contributed by atoms with Gasteiger partial charge in [0.15, 0.2) is 12.1 Å². The fourth-order valence-electron chi connectivity index (χ4n) is 11.0. The topological polar surface area (TPSA) is 280 Å². The molecule has 3 aliphatic rings. The molecular formula is C63H81ClFN9O13S. The Morgan fingerprint density at radius 3 is 2.23 bits per heavy atom. The fraction of sp³-hybridized carbons (Fsp3) is 0.508. The third kappa shape index (κ3) is 18.1.